The van der Waals surface area contributed by atoms with Gasteiger partial charge in [-0.3, -0.25) is 4.79 Å². The van der Waals surface area contributed by atoms with E-state index in [1.165, 1.54) is 17.5 Å². The van der Waals surface area contributed by atoms with Crippen LogP contribution in [0.15, 0.2) is 23.0 Å². The average molecular weight is 376 g/mol. The molecule has 1 aromatic heterocycles. The van der Waals surface area contributed by atoms with Crippen molar-refractivity contribution in [1.29, 1.82) is 0 Å². The van der Waals surface area contributed by atoms with Crippen LogP contribution < -0.4 is 11.0 Å². The van der Waals surface area contributed by atoms with Crippen LogP contribution in [0.1, 0.15) is 49.4 Å². The van der Waals surface area contributed by atoms with Crippen LogP contribution in [0.2, 0.25) is 5.02 Å². The molecular formula is C18H22ClN5O2. The third-order valence-electron chi connectivity index (χ3n) is 5.72. The summed E-state index contributed by atoms with van der Waals surface area (Å²) in [6.45, 7) is 3.69. The molecule has 2 bridgehead atoms. The molecule has 138 valence electrons. The van der Waals surface area contributed by atoms with Gasteiger partial charge in [0.05, 0.1) is 12.1 Å². The number of benzene rings is 1. The summed E-state index contributed by atoms with van der Waals surface area (Å²) in [6, 6.07) is 5.61. The van der Waals surface area contributed by atoms with Crippen molar-refractivity contribution < 1.29 is 4.79 Å². The lowest BCUT2D eigenvalue weighted by Gasteiger charge is -2.23. The molecule has 7 nitrogen and oxygen atoms in total. The maximum Gasteiger partial charge on any atom is 0.364 e. The van der Waals surface area contributed by atoms with Crippen molar-refractivity contribution in [3.63, 3.8) is 0 Å². The van der Waals surface area contributed by atoms with E-state index in [0.29, 0.717) is 10.9 Å². The predicted molar refractivity (Wildman–Crippen MR) is 96.9 cm³/mol. The first-order valence-electron chi connectivity index (χ1n) is 9.00. The molecule has 3 fully saturated rings. The molecule has 26 heavy (non-hydrogen) atoms. The molecule has 5 rings (SSSR count). The van der Waals surface area contributed by atoms with E-state index in [2.05, 4.69) is 15.7 Å². The van der Waals surface area contributed by atoms with Gasteiger partial charge in [-0.1, -0.05) is 23.7 Å². The SMILES string of the molecule is Cc1cc([C@H](C)NC(=O)Cn2nnn([C@@H]3CC4CC3C4)c2=O)ccc1Cl. The van der Waals surface area contributed by atoms with Crippen molar-refractivity contribution in [3.8, 4) is 0 Å². The molecule has 3 aliphatic rings. The number of rotatable bonds is 5. The maximum atomic E-state index is 12.5. The van der Waals surface area contributed by atoms with E-state index in [-0.39, 0.29) is 30.2 Å². The average Bonchev–Trinajstić information content (AvgIpc) is 3.24. The first-order chi connectivity index (χ1) is 12.4. The summed E-state index contributed by atoms with van der Waals surface area (Å²) in [4.78, 5) is 24.8. The van der Waals surface area contributed by atoms with E-state index in [1.54, 1.807) is 0 Å². The minimum Gasteiger partial charge on any atom is -0.348 e. The first kappa shape index (κ1) is 17.3. The van der Waals surface area contributed by atoms with Gasteiger partial charge in [0.1, 0.15) is 6.54 Å². The molecule has 0 aliphatic heterocycles. The van der Waals surface area contributed by atoms with E-state index in [9.17, 15) is 9.59 Å². The molecule has 3 aliphatic carbocycles. The molecule has 1 amide bonds. The highest BCUT2D eigenvalue weighted by atomic mass is 35.5. The monoisotopic (exact) mass is 375 g/mol. The number of nitrogens with zero attached hydrogens (tertiary/aromatic N) is 4. The van der Waals surface area contributed by atoms with Crippen LogP contribution in [0.25, 0.3) is 0 Å². The summed E-state index contributed by atoms with van der Waals surface area (Å²) in [5.74, 6) is 1.01. The van der Waals surface area contributed by atoms with Crippen molar-refractivity contribution in [2.75, 3.05) is 0 Å². The number of hydrogen-bond acceptors (Lipinski definition) is 4. The second-order valence-electron chi connectivity index (χ2n) is 7.56. The quantitative estimate of drug-likeness (QED) is 0.868. The van der Waals surface area contributed by atoms with E-state index in [4.69, 9.17) is 11.6 Å². The molecular weight excluding hydrogens is 354 g/mol. The zero-order valence-electron chi connectivity index (χ0n) is 14.9. The highest BCUT2D eigenvalue weighted by molar-refractivity contribution is 6.31. The Morgan fingerprint density at radius 1 is 1.35 bits per heavy atom. The summed E-state index contributed by atoms with van der Waals surface area (Å²) in [5, 5.41) is 11.5. The smallest absolute Gasteiger partial charge is 0.348 e. The molecule has 0 radical (unpaired) electrons. The van der Waals surface area contributed by atoms with Gasteiger partial charge < -0.3 is 5.32 Å². The Morgan fingerprint density at radius 2 is 2.12 bits per heavy atom. The molecule has 0 spiro atoms. The van der Waals surface area contributed by atoms with Crippen molar-refractivity contribution >= 4 is 17.5 Å². The lowest BCUT2D eigenvalue weighted by atomic mass is 9.84. The Bertz CT molecular complexity index is 899. The highest BCUT2D eigenvalue weighted by Crippen LogP contribution is 2.53. The zero-order chi connectivity index (χ0) is 18.4. The Kier molecular flexibility index (Phi) is 4.34. The molecule has 1 aromatic carbocycles. The Labute approximate surface area is 156 Å². The van der Waals surface area contributed by atoms with Crippen molar-refractivity contribution in [2.24, 2.45) is 11.8 Å². The molecule has 0 unspecified atom stereocenters. The van der Waals surface area contributed by atoms with Crippen molar-refractivity contribution in [3.05, 3.63) is 44.8 Å². The maximum absolute atomic E-state index is 12.5. The lowest BCUT2D eigenvalue weighted by molar-refractivity contribution is -0.122. The van der Waals surface area contributed by atoms with Crippen LogP contribution in [0.5, 0.6) is 0 Å². The minimum atomic E-state index is -0.298. The van der Waals surface area contributed by atoms with E-state index in [0.717, 1.165) is 28.1 Å². The van der Waals surface area contributed by atoms with Gasteiger partial charge >= 0.3 is 5.69 Å². The number of aryl methyl sites for hydroxylation is 1. The lowest BCUT2D eigenvalue weighted by Crippen LogP contribution is -2.36. The molecule has 1 N–H and O–H groups in total. The van der Waals surface area contributed by atoms with E-state index >= 15 is 0 Å². The Balaban J connectivity index is 1.41. The van der Waals surface area contributed by atoms with Crippen LogP contribution in [-0.4, -0.2) is 25.7 Å². The molecule has 8 heteroatoms. The van der Waals surface area contributed by atoms with E-state index in [1.807, 2.05) is 32.0 Å². The zero-order valence-corrected chi connectivity index (χ0v) is 15.6. The Morgan fingerprint density at radius 3 is 2.77 bits per heavy atom. The fourth-order valence-electron chi connectivity index (χ4n) is 4.16. The fraction of sp³-hybridized carbons (Fsp3) is 0.556. The number of nitrogens with one attached hydrogen (secondary N) is 1. The summed E-state index contributed by atoms with van der Waals surface area (Å²) in [5.41, 5.74) is 1.62. The number of hydrogen-bond donors (Lipinski definition) is 1. The largest absolute Gasteiger partial charge is 0.364 e. The molecule has 2 aromatic rings. The number of carbonyl (C=O) groups is 1. The van der Waals surface area contributed by atoms with Crippen LogP contribution in [-0.2, 0) is 11.3 Å². The van der Waals surface area contributed by atoms with Gasteiger partial charge in [0.2, 0.25) is 5.91 Å². The number of amides is 1. The van der Waals surface area contributed by atoms with E-state index < -0.39 is 0 Å². The van der Waals surface area contributed by atoms with Crippen LogP contribution in [0.4, 0.5) is 0 Å². The number of carbonyl (C=O) groups excluding carboxylic acids is 1. The van der Waals surface area contributed by atoms with Crippen LogP contribution >= 0.6 is 11.6 Å². The summed E-state index contributed by atoms with van der Waals surface area (Å²) >= 11 is 6.04. The fourth-order valence-corrected chi connectivity index (χ4v) is 4.28. The third-order valence-corrected chi connectivity index (χ3v) is 6.14. The van der Waals surface area contributed by atoms with Crippen LogP contribution in [0.3, 0.4) is 0 Å². The predicted octanol–water partition coefficient (Wildman–Crippen LogP) is 2.25. The number of aromatic nitrogens is 4. The van der Waals surface area contributed by atoms with Gasteiger partial charge in [0.15, 0.2) is 0 Å². The first-order valence-corrected chi connectivity index (χ1v) is 9.38. The number of halogens is 1. The number of fused-ring (bicyclic) bond motifs is 1. The third kappa shape index (κ3) is 3.05. The van der Waals surface area contributed by atoms with Gasteiger partial charge in [-0.05, 0) is 72.6 Å². The van der Waals surface area contributed by atoms with Gasteiger partial charge in [-0.15, -0.1) is 0 Å². The molecule has 0 saturated heterocycles. The molecule has 2 atom stereocenters. The second kappa shape index (κ2) is 6.54. The molecule has 1 heterocycles. The Hall–Kier alpha value is -2.15. The van der Waals surface area contributed by atoms with Gasteiger partial charge in [0.25, 0.3) is 0 Å². The topological polar surface area (TPSA) is 81.8 Å². The standard InChI is InChI=1S/C18H22ClN5O2/c1-10-5-13(3-4-15(10)19)11(2)20-17(25)9-23-18(26)24(22-21-23)16-8-12-6-14(16)7-12/h3-5,11-12,14,16H,6-9H2,1-2H3,(H,20,25)/t11-,12?,14?,16+/m0/s1. The second-order valence-corrected chi connectivity index (χ2v) is 7.97. The van der Waals surface area contributed by atoms with Gasteiger partial charge in [-0.25, -0.2) is 4.79 Å². The van der Waals surface area contributed by atoms with Gasteiger partial charge in [-0.2, -0.15) is 9.36 Å². The van der Waals surface area contributed by atoms with Crippen molar-refractivity contribution in [2.45, 2.75) is 51.7 Å². The van der Waals surface area contributed by atoms with Gasteiger partial charge in [0, 0.05) is 5.02 Å². The highest BCUT2D eigenvalue weighted by Gasteiger charge is 2.46. The molecule has 3 saturated carbocycles. The normalized spacial score (nSPS) is 25.0. The van der Waals surface area contributed by atoms with Crippen molar-refractivity contribution in [1.82, 2.24) is 25.1 Å². The minimum absolute atomic E-state index is 0.128. The summed E-state index contributed by atoms with van der Waals surface area (Å²) in [7, 11) is 0. The summed E-state index contributed by atoms with van der Waals surface area (Å²) in [6.07, 6.45) is 3.37. The summed E-state index contributed by atoms with van der Waals surface area (Å²) < 4.78 is 2.61. The van der Waals surface area contributed by atoms with Crippen LogP contribution in [0, 0.1) is 18.8 Å². The number of tetrazole rings is 1.